The molecule has 0 saturated heterocycles. The van der Waals surface area contributed by atoms with E-state index in [2.05, 4.69) is 22.9 Å². The number of alkyl halides is 1. The molecule has 0 spiro atoms. The second kappa shape index (κ2) is 3.91. The summed E-state index contributed by atoms with van der Waals surface area (Å²) in [5, 5.41) is 10.2. The van der Waals surface area contributed by atoms with Crippen LogP contribution in [0.3, 0.4) is 0 Å². The third kappa shape index (κ3) is 1.79. The van der Waals surface area contributed by atoms with Gasteiger partial charge in [-0.05, 0) is 30.2 Å². The highest BCUT2D eigenvalue weighted by molar-refractivity contribution is 9.09. The molecule has 0 radical (unpaired) electrons. The lowest BCUT2D eigenvalue weighted by molar-refractivity contribution is 0.205. The fourth-order valence-electron chi connectivity index (χ4n) is 1.74. The standard InChI is InChI=1S/C11H13BrO2/c1-7-4-9-5-8(10(13)6-12)2-3-11(9)14-7/h2-3,5,7,10,13H,4,6H2,1H3. The Hall–Kier alpha value is -0.540. The summed E-state index contributed by atoms with van der Waals surface area (Å²) in [5.74, 6) is 0.961. The lowest BCUT2D eigenvalue weighted by Crippen LogP contribution is -2.05. The number of hydrogen-bond donors (Lipinski definition) is 1. The number of benzene rings is 1. The van der Waals surface area contributed by atoms with E-state index >= 15 is 0 Å². The second-order valence-corrected chi connectivity index (χ2v) is 4.32. The van der Waals surface area contributed by atoms with Crippen LogP contribution in [0.15, 0.2) is 18.2 Å². The molecule has 3 heteroatoms. The maximum atomic E-state index is 9.64. The Labute approximate surface area is 92.0 Å². The van der Waals surface area contributed by atoms with Crippen molar-refractivity contribution in [1.29, 1.82) is 0 Å². The lowest BCUT2D eigenvalue weighted by atomic mass is 10.0. The molecule has 0 fully saturated rings. The van der Waals surface area contributed by atoms with Gasteiger partial charge in [0, 0.05) is 11.8 Å². The number of aliphatic hydroxyl groups excluding tert-OH is 1. The van der Waals surface area contributed by atoms with Crippen LogP contribution in [0, 0.1) is 0 Å². The molecule has 1 heterocycles. The van der Waals surface area contributed by atoms with Crippen molar-refractivity contribution in [3.8, 4) is 5.75 Å². The van der Waals surface area contributed by atoms with Gasteiger partial charge in [0.15, 0.2) is 0 Å². The normalized spacial score (nSPS) is 21.5. The highest BCUT2D eigenvalue weighted by Crippen LogP contribution is 2.31. The Morgan fingerprint density at radius 1 is 1.64 bits per heavy atom. The minimum atomic E-state index is -0.420. The Bertz CT molecular complexity index is 338. The molecule has 1 aromatic carbocycles. The zero-order chi connectivity index (χ0) is 10.1. The molecule has 1 aliphatic rings. The van der Waals surface area contributed by atoms with Gasteiger partial charge in [0.25, 0.3) is 0 Å². The largest absolute Gasteiger partial charge is 0.490 e. The molecule has 2 atom stereocenters. The molecule has 2 rings (SSSR count). The quantitative estimate of drug-likeness (QED) is 0.824. The summed E-state index contributed by atoms with van der Waals surface area (Å²) in [6.07, 6.45) is 0.788. The van der Waals surface area contributed by atoms with Crippen molar-refractivity contribution in [3.05, 3.63) is 29.3 Å². The summed E-state index contributed by atoms with van der Waals surface area (Å²) in [4.78, 5) is 0. The summed E-state index contributed by atoms with van der Waals surface area (Å²) in [7, 11) is 0. The fraction of sp³-hybridized carbons (Fsp3) is 0.455. The highest BCUT2D eigenvalue weighted by Gasteiger charge is 2.19. The van der Waals surface area contributed by atoms with Crippen molar-refractivity contribution in [1.82, 2.24) is 0 Å². The van der Waals surface area contributed by atoms with E-state index in [1.54, 1.807) is 0 Å². The first-order valence-electron chi connectivity index (χ1n) is 4.74. The van der Waals surface area contributed by atoms with E-state index in [1.165, 1.54) is 5.56 Å². The third-order valence-electron chi connectivity index (χ3n) is 2.45. The average molecular weight is 257 g/mol. The zero-order valence-electron chi connectivity index (χ0n) is 8.03. The summed E-state index contributed by atoms with van der Waals surface area (Å²) in [6, 6.07) is 5.90. The summed E-state index contributed by atoms with van der Waals surface area (Å²) in [6.45, 7) is 2.06. The molecule has 0 aliphatic carbocycles. The van der Waals surface area contributed by atoms with Crippen molar-refractivity contribution >= 4 is 15.9 Å². The van der Waals surface area contributed by atoms with Crippen molar-refractivity contribution in [2.75, 3.05) is 5.33 Å². The molecule has 1 aliphatic heterocycles. The van der Waals surface area contributed by atoms with E-state index in [0.717, 1.165) is 17.7 Å². The van der Waals surface area contributed by atoms with Gasteiger partial charge >= 0.3 is 0 Å². The number of halogens is 1. The third-order valence-corrected chi connectivity index (χ3v) is 3.06. The van der Waals surface area contributed by atoms with Crippen molar-refractivity contribution in [3.63, 3.8) is 0 Å². The summed E-state index contributed by atoms with van der Waals surface area (Å²) < 4.78 is 5.58. The Morgan fingerprint density at radius 3 is 3.14 bits per heavy atom. The summed E-state index contributed by atoms with van der Waals surface area (Å²) in [5.41, 5.74) is 2.16. The van der Waals surface area contributed by atoms with Crippen molar-refractivity contribution in [2.45, 2.75) is 25.6 Å². The van der Waals surface area contributed by atoms with E-state index in [9.17, 15) is 5.11 Å². The van der Waals surface area contributed by atoms with Crippen LogP contribution in [0.2, 0.25) is 0 Å². The molecule has 2 nitrogen and oxygen atoms in total. The minimum absolute atomic E-state index is 0.265. The molecular weight excluding hydrogens is 244 g/mol. The first kappa shape index (κ1) is 9.99. The summed E-state index contributed by atoms with van der Waals surface area (Å²) >= 11 is 3.26. The van der Waals surface area contributed by atoms with E-state index < -0.39 is 6.10 Å². The molecular formula is C11H13BrO2. The van der Waals surface area contributed by atoms with E-state index in [4.69, 9.17) is 4.74 Å². The molecule has 2 unspecified atom stereocenters. The van der Waals surface area contributed by atoms with Crippen molar-refractivity contribution in [2.24, 2.45) is 0 Å². The second-order valence-electron chi connectivity index (χ2n) is 3.67. The maximum absolute atomic E-state index is 9.64. The van der Waals surface area contributed by atoms with Crippen LogP contribution in [-0.4, -0.2) is 16.5 Å². The van der Waals surface area contributed by atoms with E-state index in [1.807, 2.05) is 18.2 Å². The number of fused-ring (bicyclic) bond motifs is 1. The van der Waals surface area contributed by atoms with Crippen LogP contribution in [0.5, 0.6) is 5.75 Å². The van der Waals surface area contributed by atoms with Gasteiger partial charge in [-0.15, -0.1) is 0 Å². The highest BCUT2D eigenvalue weighted by atomic mass is 79.9. The zero-order valence-corrected chi connectivity index (χ0v) is 9.62. The van der Waals surface area contributed by atoms with E-state index in [-0.39, 0.29) is 6.10 Å². The maximum Gasteiger partial charge on any atom is 0.123 e. The smallest absolute Gasteiger partial charge is 0.123 e. The first-order chi connectivity index (χ1) is 6.70. The Balaban J connectivity index is 2.28. The molecule has 0 amide bonds. The van der Waals surface area contributed by atoms with Crippen LogP contribution in [-0.2, 0) is 6.42 Å². The molecule has 0 aromatic heterocycles. The lowest BCUT2D eigenvalue weighted by Gasteiger charge is -2.08. The van der Waals surface area contributed by atoms with Gasteiger partial charge in [0.05, 0.1) is 6.10 Å². The van der Waals surface area contributed by atoms with E-state index in [0.29, 0.717) is 5.33 Å². The SMILES string of the molecule is CC1Cc2cc(C(O)CBr)ccc2O1. The molecule has 14 heavy (non-hydrogen) atoms. The predicted molar refractivity (Wildman–Crippen MR) is 59.0 cm³/mol. The molecule has 1 aromatic rings. The number of rotatable bonds is 2. The van der Waals surface area contributed by atoms with Crippen LogP contribution in [0.25, 0.3) is 0 Å². The van der Waals surface area contributed by atoms with Crippen LogP contribution >= 0.6 is 15.9 Å². The topological polar surface area (TPSA) is 29.5 Å². The molecule has 0 bridgehead atoms. The van der Waals surface area contributed by atoms with Gasteiger partial charge in [-0.1, -0.05) is 22.0 Å². The van der Waals surface area contributed by atoms with Gasteiger partial charge in [-0.3, -0.25) is 0 Å². The number of ether oxygens (including phenoxy) is 1. The van der Waals surface area contributed by atoms with Gasteiger partial charge < -0.3 is 9.84 Å². The average Bonchev–Trinajstić information content (AvgIpc) is 2.55. The van der Waals surface area contributed by atoms with Gasteiger partial charge in [0.2, 0.25) is 0 Å². The van der Waals surface area contributed by atoms with Crippen LogP contribution in [0.4, 0.5) is 0 Å². The van der Waals surface area contributed by atoms with Gasteiger partial charge in [-0.25, -0.2) is 0 Å². The van der Waals surface area contributed by atoms with Crippen LogP contribution in [0.1, 0.15) is 24.2 Å². The monoisotopic (exact) mass is 256 g/mol. The molecule has 76 valence electrons. The minimum Gasteiger partial charge on any atom is -0.490 e. The Morgan fingerprint density at radius 2 is 2.43 bits per heavy atom. The molecule has 0 saturated carbocycles. The first-order valence-corrected chi connectivity index (χ1v) is 5.86. The van der Waals surface area contributed by atoms with Crippen LogP contribution < -0.4 is 4.74 Å². The predicted octanol–water partition coefficient (Wildman–Crippen LogP) is 2.44. The fourth-order valence-corrected chi connectivity index (χ4v) is 2.11. The number of hydrogen-bond acceptors (Lipinski definition) is 2. The van der Waals surface area contributed by atoms with Crippen molar-refractivity contribution < 1.29 is 9.84 Å². The van der Waals surface area contributed by atoms with Gasteiger partial charge in [0.1, 0.15) is 11.9 Å². The van der Waals surface area contributed by atoms with Gasteiger partial charge in [-0.2, -0.15) is 0 Å². The number of aliphatic hydroxyl groups is 1. The molecule has 1 N–H and O–H groups in total. The Kier molecular flexibility index (Phi) is 2.79.